The lowest BCUT2D eigenvalue weighted by molar-refractivity contribution is 1.28. The Morgan fingerprint density at radius 2 is 2.12 bits per heavy atom. The summed E-state index contributed by atoms with van der Waals surface area (Å²) in [6, 6.07) is 8.47. The summed E-state index contributed by atoms with van der Waals surface area (Å²) in [5.41, 5.74) is 5.59. The standard InChI is InChI=1S/C13H14N2S/c1-9-4-3-5-12(10(9)2)15-13-8-16-7-11(13)6-14/h3-5,15H,7-8H2,1-2H3. The monoisotopic (exact) mass is 230 g/mol. The van der Waals surface area contributed by atoms with Gasteiger partial charge < -0.3 is 5.32 Å². The fraction of sp³-hybridized carbons (Fsp3) is 0.308. The molecule has 0 bridgehead atoms. The highest BCUT2D eigenvalue weighted by atomic mass is 32.2. The van der Waals surface area contributed by atoms with E-state index >= 15 is 0 Å². The summed E-state index contributed by atoms with van der Waals surface area (Å²) >= 11 is 1.79. The van der Waals surface area contributed by atoms with Crippen molar-refractivity contribution >= 4 is 17.4 Å². The van der Waals surface area contributed by atoms with Gasteiger partial charge in [0, 0.05) is 22.9 Å². The summed E-state index contributed by atoms with van der Waals surface area (Å²) in [7, 11) is 0. The van der Waals surface area contributed by atoms with Crippen LogP contribution in [0.15, 0.2) is 29.5 Å². The van der Waals surface area contributed by atoms with Crippen molar-refractivity contribution in [1.82, 2.24) is 0 Å². The van der Waals surface area contributed by atoms with Crippen molar-refractivity contribution in [3.8, 4) is 6.07 Å². The number of thioether (sulfide) groups is 1. The van der Waals surface area contributed by atoms with Crippen molar-refractivity contribution in [2.24, 2.45) is 0 Å². The summed E-state index contributed by atoms with van der Waals surface area (Å²) in [4.78, 5) is 0. The van der Waals surface area contributed by atoms with Crippen LogP contribution in [-0.2, 0) is 0 Å². The lowest BCUT2D eigenvalue weighted by atomic mass is 10.1. The molecule has 0 amide bonds. The van der Waals surface area contributed by atoms with E-state index in [0.717, 1.165) is 28.5 Å². The smallest absolute Gasteiger partial charge is 0.0974 e. The molecule has 1 aliphatic heterocycles. The molecule has 0 spiro atoms. The molecule has 0 saturated heterocycles. The number of benzene rings is 1. The normalized spacial score (nSPS) is 15.1. The highest BCUT2D eigenvalue weighted by Gasteiger charge is 2.15. The van der Waals surface area contributed by atoms with Crippen LogP contribution >= 0.6 is 11.8 Å². The molecule has 1 aliphatic rings. The van der Waals surface area contributed by atoms with Crippen LogP contribution in [0.1, 0.15) is 11.1 Å². The van der Waals surface area contributed by atoms with Gasteiger partial charge in [0.25, 0.3) is 0 Å². The lowest BCUT2D eigenvalue weighted by Gasteiger charge is -2.12. The maximum absolute atomic E-state index is 8.98. The maximum atomic E-state index is 8.98. The molecule has 16 heavy (non-hydrogen) atoms. The topological polar surface area (TPSA) is 35.8 Å². The number of nitrogens with zero attached hydrogens (tertiary/aromatic N) is 1. The third kappa shape index (κ3) is 2.07. The molecular weight excluding hydrogens is 216 g/mol. The zero-order chi connectivity index (χ0) is 11.5. The number of anilines is 1. The van der Waals surface area contributed by atoms with Gasteiger partial charge in [0.05, 0.1) is 11.6 Å². The number of hydrogen-bond donors (Lipinski definition) is 1. The molecule has 1 aromatic rings. The third-order valence-corrected chi connectivity index (χ3v) is 3.87. The molecule has 0 aromatic heterocycles. The van der Waals surface area contributed by atoms with Crippen LogP contribution in [-0.4, -0.2) is 11.5 Å². The predicted octanol–water partition coefficient (Wildman–Crippen LogP) is 3.24. The summed E-state index contributed by atoms with van der Waals surface area (Å²) in [6.45, 7) is 4.20. The van der Waals surface area contributed by atoms with E-state index in [2.05, 4.69) is 37.4 Å². The second kappa shape index (κ2) is 4.63. The molecule has 0 saturated carbocycles. The van der Waals surface area contributed by atoms with Crippen molar-refractivity contribution in [3.05, 3.63) is 40.6 Å². The van der Waals surface area contributed by atoms with Crippen LogP contribution < -0.4 is 5.32 Å². The largest absolute Gasteiger partial charge is 0.357 e. The minimum atomic E-state index is 0.837. The van der Waals surface area contributed by atoms with E-state index < -0.39 is 0 Å². The number of nitrogens with one attached hydrogen (secondary N) is 1. The fourth-order valence-electron chi connectivity index (χ4n) is 1.69. The van der Waals surface area contributed by atoms with Gasteiger partial charge in [-0.1, -0.05) is 12.1 Å². The molecular formula is C13H14N2S. The van der Waals surface area contributed by atoms with Crippen molar-refractivity contribution in [1.29, 1.82) is 5.26 Å². The Kier molecular flexibility index (Phi) is 3.21. The Bertz CT molecular complexity index is 483. The van der Waals surface area contributed by atoms with E-state index in [4.69, 9.17) is 5.26 Å². The maximum Gasteiger partial charge on any atom is 0.0974 e. The van der Waals surface area contributed by atoms with Gasteiger partial charge in [-0.3, -0.25) is 0 Å². The summed E-state index contributed by atoms with van der Waals surface area (Å²) in [6.07, 6.45) is 0. The second-order valence-corrected chi connectivity index (χ2v) is 4.92. The zero-order valence-electron chi connectivity index (χ0n) is 9.50. The molecule has 1 aromatic carbocycles. The van der Waals surface area contributed by atoms with Crippen molar-refractivity contribution < 1.29 is 0 Å². The van der Waals surface area contributed by atoms with Gasteiger partial charge >= 0.3 is 0 Å². The molecule has 1 heterocycles. The van der Waals surface area contributed by atoms with Crippen molar-refractivity contribution in [2.45, 2.75) is 13.8 Å². The van der Waals surface area contributed by atoms with Gasteiger partial charge in [-0.15, -0.1) is 11.8 Å². The van der Waals surface area contributed by atoms with Crippen LogP contribution in [0.2, 0.25) is 0 Å². The molecule has 1 N–H and O–H groups in total. The Balaban J connectivity index is 2.28. The quantitative estimate of drug-likeness (QED) is 0.847. The van der Waals surface area contributed by atoms with Gasteiger partial charge in [-0.05, 0) is 31.0 Å². The van der Waals surface area contributed by atoms with Gasteiger partial charge in [-0.2, -0.15) is 5.26 Å². The van der Waals surface area contributed by atoms with Crippen LogP contribution in [0.3, 0.4) is 0 Å². The van der Waals surface area contributed by atoms with Gasteiger partial charge in [0.2, 0.25) is 0 Å². The highest BCUT2D eigenvalue weighted by Crippen LogP contribution is 2.27. The van der Waals surface area contributed by atoms with Gasteiger partial charge in [-0.25, -0.2) is 0 Å². The third-order valence-electron chi connectivity index (χ3n) is 2.88. The number of aryl methyl sites for hydroxylation is 1. The second-order valence-electron chi connectivity index (χ2n) is 3.93. The average molecular weight is 230 g/mol. The number of hydrogen-bond acceptors (Lipinski definition) is 3. The molecule has 0 aliphatic carbocycles. The van der Waals surface area contributed by atoms with Gasteiger partial charge in [0.15, 0.2) is 0 Å². The molecule has 2 rings (SSSR count). The van der Waals surface area contributed by atoms with E-state index in [1.165, 1.54) is 11.1 Å². The summed E-state index contributed by atoms with van der Waals surface area (Å²) in [5.74, 6) is 1.75. The van der Waals surface area contributed by atoms with Crippen molar-refractivity contribution in [3.63, 3.8) is 0 Å². The molecule has 0 fully saturated rings. The van der Waals surface area contributed by atoms with E-state index in [9.17, 15) is 0 Å². The lowest BCUT2D eigenvalue weighted by Crippen LogP contribution is -2.03. The minimum Gasteiger partial charge on any atom is -0.357 e. The first kappa shape index (κ1) is 11.1. The average Bonchev–Trinajstić information content (AvgIpc) is 2.72. The minimum absolute atomic E-state index is 0.837. The first-order chi connectivity index (χ1) is 7.72. The van der Waals surface area contributed by atoms with Crippen LogP contribution in [0.5, 0.6) is 0 Å². The molecule has 0 atom stereocenters. The predicted molar refractivity (Wildman–Crippen MR) is 69.5 cm³/mol. The molecule has 3 heteroatoms. The summed E-state index contributed by atoms with van der Waals surface area (Å²) in [5, 5.41) is 12.4. The van der Waals surface area contributed by atoms with E-state index in [1.807, 2.05) is 6.07 Å². The Hall–Kier alpha value is -1.40. The number of nitriles is 1. The molecule has 0 unspecified atom stereocenters. The number of rotatable bonds is 2. The van der Waals surface area contributed by atoms with Crippen LogP contribution in [0, 0.1) is 25.2 Å². The van der Waals surface area contributed by atoms with E-state index in [1.54, 1.807) is 11.8 Å². The first-order valence-corrected chi connectivity index (χ1v) is 6.41. The van der Waals surface area contributed by atoms with Crippen LogP contribution in [0.4, 0.5) is 5.69 Å². The van der Waals surface area contributed by atoms with E-state index in [0.29, 0.717) is 0 Å². The van der Waals surface area contributed by atoms with Crippen LogP contribution in [0.25, 0.3) is 0 Å². The SMILES string of the molecule is Cc1cccc(NC2=C(C#N)CSC2)c1C. The van der Waals surface area contributed by atoms with E-state index in [-0.39, 0.29) is 0 Å². The van der Waals surface area contributed by atoms with Crippen molar-refractivity contribution in [2.75, 3.05) is 16.8 Å². The summed E-state index contributed by atoms with van der Waals surface area (Å²) < 4.78 is 0. The molecule has 82 valence electrons. The first-order valence-electron chi connectivity index (χ1n) is 5.25. The Morgan fingerprint density at radius 3 is 2.88 bits per heavy atom. The highest BCUT2D eigenvalue weighted by molar-refractivity contribution is 7.99. The zero-order valence-corrected chi connectivity index (χ0v) is 10.3. The molecule has 2 nitrogen and oxygen atoms in total. The molecule has 0 radical (unpaired) electrons. The Labute approximate surface area is 100 Å². The van der Waals surface area contributed by atoms with Gasteiger partial charge in [0.1, 0.15) is 0 Å². The fourth-order valence-corrected chi connectivity index (χ4v) is 2.69. The Morgan fingerprint density at radius 1 is 1.31 bits per heavy atom.